The van der Waals surface area contributed by atoms with Gasteiger partial charge in [0.15, 0.2) is 0 Å². The minimum atomic E-state index is 0.0821. The lowest BCUT2D eigenvalue weighted by Gasteiger charge is -2.43. The maximum Gasteiger partial charge on any atom is 0.251 e. The molecule has 6 nitrogen and oxygen atoms in total. The predicted molar refractivity (Wildman–Crippen MR) is 105 cm³/mol. The summed E-state index contributed by atoms with van der Waals surface area (Å²) < 4.78 is 2.00. The predicted octanol–water partition coefficient (Wildman–Crippen LogP) is 2.50. The van der Waals surface area contributed by atoms with Gasteiger partial charge >= 0.3 is 0 Å². The lowest BCUT2D eigenvalue weighted by molar-refractivity contribution is 0.105. The average Bonchev–Trinajstić information content (AvgIpc) is 3.15. The van der Waals surface area contributed by atoms with Crippen LogP contribution in [0.15, 0.2) is 29.3 Å². The summed E-state index contributed by atoms with van der Waals surface area (Å²) in [6.45, 7) is 4.29. The highest BCUT2D eigenvalue weighted by atomic mass is 16.1. The van der Waals surface area contributed by atoms with Crippen LogP contribution in [0, 0.1) is 11.8 Å². The zero-order valence-electron chi connectivity index (χ0n) is 15.7. The third-order valence-electron chi connectivity index (χ3n) is 6.61. The largest absolute Gasteiger partial charge is 0.384 e. The number of hydrogen-bond acceptors (Lipinski definition) is 5. The van der Waals surface area contributed by atoms with Gasteiger partial charge < -0.3 is 15.2 Å². The molecule has 1 saturated carbocycles. The van der Waals surface area contributed by atoms with E-state index in [-0.39, 0.29) is 5.56 Å². The van der Waals surface area contributed by atoms with Crippen molar-refractivity contribution in [1.29, 1.82) is 0 Å². The Hall–Kier alpha value is -2.21. The van der Waals surface area contributed by atoms with Crippen LogP contribution in [0.1, 0.15) is 43.7 Å². The molecule has 1 saturated heterocycles. The second kappa shape index (κ2) is 6.75. The SMILES string of the molecule is Nc1cc(-c2cc3n(c(=O)c2)C[C@H]2C[C@@H]3CN(CC3CCCC3)C2)ncn1. The first-order chi connectivity index (χ1) is 13.2. The quantitative estimate of drug-likeness (QED) is 0.904. The minimum Gasteiger partial charge on any atom is -0.384 e. The van der Waals surface area contributed by atoms with Gasteiger partial charge in [0, 0.05) is 55.5 Å². The fourth-order valence-electron chi connectivity index (χ4n) is 5.44. The monoisotopic (exact) mass is 365 g/mol. The Balaban J connectivity index is 1.45. The number of fused-ring (bicyclic) bond motifs is 4. The summed E-state index contributed by atoms with van der Waals surface area (Å²) in [6.07, 6.45) is 8.23. The molecule has 4 heterocycles. The molecule has 0 aromatic carbocycles. The van der Waals surface area contributed by atoms with Crippen molar-refractivity contribution in [3.05, 3.63) is 40.6 Å². The van der Waals surface area contributed by atoms with E-state index in [0.29, 0.717) is 17.7 Å². The Bertz CT molecular complexity index is 902. The summed E-state index contributed by atoms with van der Waals surface area (Å²) in [6, 6.07) is 5.59. The van der Waals surface area contributed by atoms with Gasteiger partial charge in [-0.2, -0.15) is 0 Å². The molecule has 0 spiro atoms. The minimum absolute atomic E-state index is 0.0821. The number of pyridine rings is 1. The molecule has 2 bridgehead atoms. The summed E-state index contributed by atoms with van der Waals surface area (Å²) in [5, 5.41) is 0. The molecule has 2 aromatic heterocycles. The van der Waals surface area contributed by atoms with E-state index in [1.54, 1.807) is 12.1 Å². The highest BCUT2D eigenvalue weighted by molar-refractivity contribution is 5.61. The first kappa shape index (κ1) is 16.9. The highest BCUT2D eigenvalue weighted by Gasteiger charge is 2.35. The average molecular weight is 365 g/mol. The number of nitrogens with two attached hydrogens (primary N) is 1. The van der Waals surface area contributed by atoms with Crippen LogP contribution in [-0.2, 0) is 6.54 Å². The van der Waals surface area contributed by atoms with E-state index in [0.717, 1.165) is 36.8 Å². The summed E-state index contributed by atoms with van der Waals surface area (Å²) in [5.41, 5.74) is 8.64. The number of aromatic nitrogens is 3. The fourth-order valence-corrected chi connectivity index (χ4v) is 5.44. The van der Waals surface area contributed by atoms with Crippen molar-refractivity contribution in [2.75, 3.05) is 25.4 Å². The van der Waals surface area contributed by atoms with Crippen LogP contribution in [0.5, 0.6) is 0 Å². The standard InChI is InChI=1S/C21H27N5O/c22-20-8-18(23-13-24-20)16-6-19-17-5-15(11-26(19)21(27)7-16)10-25(12-17)9-14-3-1-2-4-14/h6-8,13-15,17H,1-5,9-12H2,(H2,22,23,24)/t15-,17+/m0/s1. The number of likely N-dealkylation sites (tertiary alicyclic amines) is 1. The van der Waals surface area contributed by atoms with Crippen molar-refractivity contribution in [3.63, 3.8) is 0 Å². The molecule has 2 atom stereocenters. The first-order valence-corrected chi connectivity index (χ1v) is 10.2. The molecule has 6 heteroatoms. The normalized spacial score (nSPS) is 25.5. The van der Waals surface area contributed by atoms with Crippen LogP contribution in [0.3, 0.4) is 0 Å². The van der Waals surface area contributed by atoms with Crippen molar-refractivity contribution in [2.45, 2.75) is 44.6 Å². The number of nitrogens with zero attached hydrogens (tertiary/aromatic N) is 4. The van der Waals surface area contributed by atoms with E-state index in [4.69, 9.17) is 5.73 Å². The summed E-state index contributed by atoms with van der Waals surface area (Å²) in [7, 11) is 0. The molecule has 2 fully saturated rings. The van der Waals surface area contributed by atoms with Crippen molar-refractivity contribution in [3.8, 4) is 11.3 Å². The molecule has 5 rings (SSSR count). The molecule has 0 radical (unpaired) electrons. The third-order valence-corrected chi connectivity index (χ3v) is 6.61. The molecule has 2 aromatic rings. The molecule has 2 aliphatic heterocycles. The lowest BCUT2D eigenvalue weighted by Crippen LogP contribution is -2.48. The van der Waals surface area contributed by atoms with Gasteiger partial charge in [0.05, 0.1) is 5.69 Å². The highest BCUT2D eigenvalue weighted by Crippen LogP contribution is 2.37. The molecule has 1 aliphatic carbocycles. The van der Waals surface area contributed by atoms with Crippen LogP contribution in [0.4, 0.5) is 5.82 Å². The summed E-state index contributed by atoms with van der Waals surface area (Å²) in [4.78, 5) is 23.7. The number of rotatable bonds is 3. The third kappa shape index (κ3) is 3.27. The van der Waals surface area contributed by atoms with E-state index >= 15 is 0 Å². The van der Waals surface area contributed by atoms with Crippen molar-refractivity contribution in [1.82, 2.24) is 19.4 Å². The van der Waals surface area contributed by atoms with Crippen LogP contribution in [0.25, 0.3) is 11.3 Å². The van der Waals surface area contributed by atoms with E-state index < -0.39 is 0 Å². The molecule has 142 valence electrons. The topological polar surface area (TPSA) is 77.0 Å². The number of hydrogen-bond donors (Lipinski definition) is 1. The van der Waals surface area contributed by atoms with Crippen molar-refractivity contribution >= 4 is 5.82 Å². The Kier molecular flexibility index (Phi) is 4.23. The van der Waals surface area contributed by atoms with E-state index in [1.807, 2.05) is 4.57 Å². The van der Waals surface area contributed by atoms with Gasteiger partial charge in [-0.3, -0.25) is 4.79 Å². The van der Waals surface area contributed by atoms with Crippen LogP contribution < -0.4 is 11.3 Å². The molecule has 2 N–H and O–H groups in total. The first-order valence-electron chi connectivity index (χ1n) is 10.2. The molecule has 27 heavy (non-hydrogen) atoms. The Labute approximate surface area is 159 Å². The Morgan fingerprint density at radius 2 is 1.93 bits per heavy atom. The summed E-state index contributed by atoms with van der Waals surface area (Å²) in [5.74, 6) is 2.33. The smallest absolute Gasteiger partial charge is 0.251 e. The molecular weight excluding hydrogens is 338 g/mol. The van der Waals surface area contributed by atoms with E-state index in [9.17, 15) is 4.79 Å². The molecule has 0 unspecified atom stereocenters. The van der Waals surface area contributed by atoms with E-state index in [1.165, 1.54) is 50.7 Å². The Morgan fingerprint density at radius 3 is 2.74 bits per heavy atom. The zero-order chi connectivity index (χ0) is 18.4. The second-order valence-corrected chi connectivity index (χ2v) is 8.61. The molecule has 3 aliphatic rings. The van der Waals surface area contributed by atoms with Crippen LogP contribution >= 0.6 is 0 Å². The van der Waals surface area contributed by atoms with Gasteiger partial charge in [0.1, 0.15) is 12.1 Å². The zero-order valence-corrected chi connectivity index (χ0v) is 15.7. The van der Waals surface area contributed by atoms with Crippen molar-refractivity contribution < 1.29 is 0 Å². The van der Waals surface area contributed by atoms with Gasteiger partial charge in [-0.05, 0) is 37.2 Å². The molecule has 0 amide bonds. The van der Waals surface area contributed by atoms with Crippen LogP contribution in [0.2, 0.25) is 0 Å². The van der Waals surface area contributed by atoms with Gasteiger partial charge in [-0.15, -0.1) is 0 Å². The molecular formula is C21H27N5O. The van der Waals surface area contributed by atoms with Crippen LogP contribution in [-0.4, -0.2) is 39.1 Å². The van der Waals surface area contributed by atoms with E-state index in [2.05, 4.69) is 20.9 Å². The van der Waals surface area contributed by atoms with Crippen molar-refractivity contribution in [2.24, 2.45) is 11.8 Å². The van der Waals surface area contributed by atoms with Gasteiger partial charge in [0.25, 0.3) is 5.56 Å². The fraction of sp³-hybridized carbons (Fsp3) is 0.571. The van der Waals surface area contributed by atoms with Gasteiger partial charge in [-0.25, -0.2) is 9.97 Å². The second-order valence-electron chi connectivity index (χ2n) is 8.61. The number of nitrogen functional groups attached to an aromatic ring is 1. The maximum atomic E-state index is 12.8. The Morgan fingerprint density at radius 1 is 1.07 bits per heavy atom. The lowest BCUT2D eigenvalue weighted by atomic mass is 9.82. The number of piperidine rings is 1. The van der Waals surface area contributed by atoms with Gasteiger partial charge in [0.2, 0.25) is 0 Å². The van der Waals surface area contributed by atoms with Gasteiger partial charge in [-0.1, -0.05) is 12.8 Å². The summed E-state index contributed by atoms with van der Waals surface area (Å²) >= 11 is 0. The maximum absolute atomic E-state index is 12.8. The number of anilines is 1.